The molecular weight excluding hydrogens is 409 g/mol. The minimum Gasteiger partial charge on any atom is -0.504 e. The van der Waals surface area contributed by atoms with Gasteiger partial charge in [0.2, 0.25) is 16.9 Å². The van der Waals surface area contributed by atoms with Crippen LogP contribution in [0, 0.1) is 0 Å². The average Bonchev–Trinajstić information content (AvgIpc) is 2.52. The average molecular weight is 417 g/mol. The minimum atomic E-state index is -5.06. The summed E-state index contributed by atoms with van der Waals surface area (Å²) in [7, 11) is 0. The first-order valence-electron chi connectivity index (χ1n) is 6.71. The van der Waals surface area contributed by atoms with E-state index in [1.54, 1.807) is 6.07 Å². The van der Waals surface area contributed by atoms with E-state index in [4.69, 9.17) is 4.74 Å². The minimum absolute atomic E-state index is 0.0190. The fraction of sp³-hybridized carbons (Fsp3) is 0.0625. The van der Waals surface area contributed by atoms with Gasteiger partial charge < -0.3 is 19.4 Å². The maximum atomic E-state index is 13.3. The summed E-state index contributed by atoms with van der Waals surface area (Å²) in [6.07, 6.45) is -5.06. The summed E-state index contributed by atoms with van der Waals surface area (Å²) in [5, 5.41) is 18.7. The molecule has 0 bridgehead atoms. The topological polar surface area (TPSA) is 79.9 Å². The van der Waals surface area contributed by atoms with Crippen LogP contribution in [0.3, 0.4) is 0 Å². The Bertz CT molecular complexity index is 1030. The third-order valence-electron chi connectivity index (χ3n) is 3.24. The number of rotatable bonds is 2. The van der Waals surface area contributed by atoms with Crippen molar-refractivity contribution in [1.29, 1.82) is 0 Å². The van der Waals surface area contributed by atoms with Gasteiger partial charge in [-0.1, -0.05) is 22.0 Å². The van der Waals surface area contributed by atoms with Gasteiger partial charge in [0.1, 0.15) is 5.75 Å². The van der Waals surface area contributed by atoms with Gasteiger partial charge in [0.25, 0.3) is 5.76 Å². The molecule has 0 saturated carbocycles. The molecule has 2 aromatic carbocycles. The summed E-state index contributed by atoms with van der Waals surface area (Å²) in [6, 6.07) is 7.87. The van der Waals surface area contributed by atoms with Crippen LogP contribution < -0.4 is 10.2 Å². The van der Waals surface area contributed by atoms with Crippen LogP contribution >= 0.6 is 15.9 Å². The molecule has 1 heterocycles. The van der Waals surface area contributed by atoms with Gasteiger partial charge in [-0.3, -0.25) is 4.79 Å². The zero-order valence-corrected chi connectivity index (χ0v) is 13.7. The monoisotopic (exact) mass is 416 g/mol. The molecule has 1 aromatic heterocycles. The second-order valence-corrected chi connectivity index (χ2v) is 5.87. The van der Waals surface area contributed by atoms with Crippen molar-refractivity contribution in [3.05, 3.63) is 56.9 Å². The molecule has 0 saturated heterocycles. The lowest BCUT2D eigenvalue weighted by molar-refractivity contribution is -0.154. The van der Waals surface area contributed by atoms with Gasteiger partial charge in [-0.25, -0.2) is 0 Å². The Balaban J connectivity index is 2.31. The highest BCUT2D eigenvalue weighted by Gasteiger charge is 2.41. The fourth-order valence-electron chi connectivity index (χ4n) is 2.14. The van der Waals surface area contributed by atoms with Gasteiger partial charge in [-0.2, -0.15) is 13.2 Å². The molecule has 0 aliphatic rings. The molecule has 0 radical (unpaired) electrons. The predicted octanol–water partition coefficient (Wildman–Crippen LogP) is 4.78. The molecule has 0 unspecified atom stereocenters. The summed E-state index contributed by atoms with van der Waals surface area (Å²) in [5.41, 5.74) is -1.91. The Morgan fingerprint density at radius 2 is 1.84 bits per heavy atom. The van der Waals surface area contributed by atoms with Crippen LogP contribution in [-0.4, -0.2) is 10.2 Å². The van der Waals surface area contributed by atoms with Crippen LogP contribution in [0.2, 0.25) is 0 Å². The van der Waals surface area contributed by atoms with Gasteiger partial charge in [0, 0.05) is 4.47 Å². The van der Waals surface area contributed by atoms with Crippen molar-refractivity contribution in [3.63, 3.8) is 0 Å². The zero-order chi connectivity index (χ0) is 18.4. The predicted molar refractivity (Wildman–Crippen MR) is 85.0 cm³/mol. The van der Waals surface area contributed by atoms with Crippen molar-refractivity contribution in [2.45, 2.75) is 6.18 Å². The number of fused-ring (bicyclic) bond motifs is 1. The van der Waals surface area contributed by atoms with E-state index in [1.807, 2.05) is 0 Å². The lowest BCUT2D eigenvalue weighted by Gasteiger charge is -2.14. The van der Waals surface area contributed by atoms with Gasteiger partial charge >= 0.3 is 6.18 Å². The maximum Gasteiger partial charge on any atom is 0.453 e. The number of ether oxygens (including phenoxy) is 1. The van der Waals surface area contributed by atoms with Crippen molar-refractivity contribution in [1.82, 2.24) is 0 Å². The van der Waals surface area contributed by atoms with E-state index in [2.05, 4.69) is 20.3 Å². The quantitative estimate of drug-likeness (QED) is 0.587. The number of halogens is 4. The van der Waals surface area contributed by atoms with Gasteiger partial charge in [-0.05, 0) is 30.3 Å². The van der Waals surface area contributed by atoms with Crippen molar-refractivity contribution in [2.75, 3.05) is 0 Å². The molecule has 0 aliphatic heterocycles. The van der Waals surface area contributed by atoms with E-state index in [9.17, 15) is 28.2 Å². The lowest BCUT2D eigenvalue weighted by atomic mass is 10.1. The highest BCUT2D eigenvalue weighted by Crippen LogP contribution is 2.41. The van der Waals surface area contributed by atoms with Gasteiger partial charge in [0.05, 0.1) is 5.39 Å². The largest absolute Gasteiger partial charge is 0.504 e. The van der Waals surface area contributed by atoms with Gasteiger partial charge in [0.15, 0.2) is 11.3 Å². The lowest BCUT2D eigenvalue weighted by Crippen LogP contribution is -2.15. The highest BCUT2D eigenvalue weighted by atomic mass is 79.9. The van der Waals surface area contributed by atoms with Crippen LogP contribution in [0.1, 0.15) is 5.76 Å². The number of phenolic OH excluding ortho intramolecular Hbond substituents is 2. The molecule has 9 heteroatoms. The third-order valence-corrected chi connectivity index (χ3v) is 3.74. The summed E-state index contributed by atoms with van der Waals surface area (Å²) >= 11 is 3.14. The molecule has 2 N–H and O–H groups in total. The van der Waals surface area contributed by atoms with E-state index in [0.717, 1.165) is 12.1 Å². The highest BCUT2D eigenvalue weighted by molar-refractivity contribution is 9.10. The van der Waals surface area contributed by atoms with Crippen LogP contribution in [-0.2, 0) is 6.18 Å². The summed E-state index contributed by atoms with van der Waals surface area (Å²) in [5.74, 6) is -4.48. The van der Waals surface area contributed by atoms with Crippen molar-refractivity contribution in [2.24, 2.45) is 0 Å². The maximum absolute atomic E-state index is 13.3. The Morgan fingerprint density at radius 1 is 1.12 bits per heavy atom. The molecule has 3 aromatic rings. The van der Waals surface area contributed by atoms with Crippen molar-refractivity contribution in [3.8, 4) is 23.0 Å². The Labute approximate surface area is 146 Å². The number of hydrogen-bond donors (Lipinski definition) is 2. The Hall–Kier alpha value is -2.68. The van der Waals surface area contributed by atoms with E-state index < -0.39 is 40.2 Å². The molecule has 0 amide bonds. The van der Waals surface area contributed by atoms with Crippen molar-refractivity contribution >= 4 is 26.9 Å². The summed E-state index contributed by atoms with van der Waals surface area (Å²) < 4.78 is 50.3. The smallest absolute Gasteiger partial charge is 0.453 e. The summed E-state index contributed by atoms with van der Waals surface area (Å²) in [6.45, 7) is 0. The van der Waals surface area contributed by atoms with E-state index in [0.29, 0.717) is 4.47 Å². The molecular formula is C16H8BrF3O5. The van der Waals surface area contributed by atoms with Crippen molar-refractivity contribution < 1.29 is 32.5 Å². The number of aromatic hydroxyl groups is 2. The van der Waals surface area contributed by atoms with Gasteiger partial charge in [-0.15, -0.1) is 0 Å². The molecule has 0 spiro atoms. The molecule has 130 valence electrons. The van der Waals surface area contributed by atoms with E-state index in [-0.39, 0.29) is 11.1 Å². The van der Waals surface area contributed by atoms with Crippen LogP contribution in [0.25, 0.3) is 11.0 Å². The zero-order valence-electron chi connectivity index (χ0n) is 12.1. The Kier molecular flexibility index (Phi) is 4.11. The summed E-state index contributed by atoms with van der Waals surface area (Å²) in [4.78, 5) is 12.5. The molecule has 25 heavy (non-hydrogen) atoms. The van der Waals surface area contributed by atoms with Crippen LogP contribution in [0.5, 0.6) is 23.0 Å². The van der Waals surface area contributed by atoms with Crippen LogP contribution in [0.15, 0.2) is 50.1 Å². The normalized spacial score (nSPS) is 11.7. The first-order valence-corrected chi connectivity index (χ1v) is 7.50. The molecule has 0 aliphatic carbocycles. The van der Waals surface area contributed by atoms with Crippen LogP contribution in [0.4, 0.5) is 13.2 Å². The number of hydrogen-bond acceptors (Lipinski definition) is 5. The standard InChI is InChI=1S/C16H8BrF3O5/c17-7-2-1-3-8(6-7)24-14-11(22)9-4-5-10(21)12(23)13(9)25-15(14)16(18,19)20/h1-6,21,23H. The third kappa shape index (κ3) is 3.14. The second-order valence-electron chi connectivity index (χ2n) is 4.96. The number of phenols is 2. The SMILES string of the molecule is O=c1c(Oc2cccc(Br)c2)c(C(F)(F)F)oc2c(O)c(O)ccc12. The first kappa shape index (κ1) is 17.2. The fourth-order valence-corrected chi connectivity index (χ4v) is 2.52. The molecule has 5 nitrogen and oxygen atoms in total. The van der Waals surface area contributed by atoms with E-state index >= 15 is 0 Å². The second kappa shape index (κ2) is 5.99. The molecule has 0 atom stereocenters. The molecule has 0 fully saturated rings. The first-order chi connectivity index (χ1) is 11.7. The number of alkyl halides is 3. The number of benzene rings is 2. The van der Waals surface area contributed by atoms with E-state index in [1.165, 1.54) is 18.2 Å². The Morgan fingerprint density at radius 3 is 2.48 bits per heavy atom. The molecule has 3 rings (SSSR count).